The number of non-ortho nitro benzene ring substituents is 1. The molecular formula is C21H24N2O4S. The summed E-state index contributed by atoms with van der Waals surface area (Å²) in [6.07, 6.45) is 3.33. The predicted molar refractivity (Wildman–Crippen MR) is 111 cm³/mol. The van der Waals surface area contributed by atoms with Crippen LogP contribution in [0.5, 0.6) is 5.75 Å². The van der Waals surface area contributed by atoms with Crippen molar-refractivity contribution in [2.45, 2.75) is 31.6 Å². The quantitative estimate of drug-likeness (QED) is 0.352. The molecule has 148 valence electrons. The van der Waals surface area contributed by atoms with Crippen molar-refractivity contribution in [3.8, 4) is 5.75 Å². The van der Waals surface area contributed by atoms with E-state index in [2.05, 4.69) is 6.92 Å². The summed E-state index contributed by atoms with van der Waals surface area (Å²) in [7, 11) is 0. The van der Waals surface area contributed by atoms with Gasteiger partial charge in [0.1, 0.15) is 11.1 Å². The Bertz CT molecular complexity index is 808. The smallest absolute Gasteiger partial charge is 0.269 e. The van der Waals surface area contributed by atoms with Crippen molar-refractivity contribution < 1.29 is 14.5 Å². The molecular weight excluding hydrogens is 376 g/mol. The van der Waals surface area contributed by atoms with E-state index in [1.807, 2.05) is 17.0 Å². The topological polar surface area (TPSA) is 72.7 Å². The number of rotatable bonds is 8. The highest BCUT2D eigenvalue weighted by atomic mass is 32.2. The van der Waals surface area contributed by atoms with Crippen molar-refractivity contribution in [1.82, 2.24) is 4.90 Å². The molecule has 0 N–H and O–H groups in total. The molecule has 1 fully saturated rings. The van der Waals surface area contributed by atoms with Gasteiger partial charge in [-0.15, -0.1) is 11.8 Å². The van der Waals surface area contributed by atoms with Crippen LogP contribution in [0.4, 0.5) is 5.69 Å². The number of hydrogen-bond donors (Lipinski definition) is 0. The van der Waals surface area contributed by atoms with Gasteiger partial charge in [-0.3, -0.25) is 14.9 Å². The molecule has 0 radical (unpaired) electrons. The molecule has 1 amide bonds. The number of amides is 1. The molecule has 28 heavy (non-hydrogen) atoms. The zero-order valence-electron chi connectivity index (χ0n) is 15.9. The number of hydrogen-bond acceptors (Lipinski definition) is 5. The number of carbonyl (C=O) groups excluding carboxylic acids is 1. The second-order valence-electron chi connectivity index (χ2n) is 6.65. The third-order valence-corrected chi connectivity index (χ3v) is 5.92. The van der Waals surface area contributed by atoms with Gasteiger partial charge in [0, 0.05) is 30.0 Å². The maximum absolute atomic E-state index is 13.0. The molecule has 0 saturated carbocycles. The monoisotopic (exact) mass is 400 g/mol. The fourth-order valence-corrected chi connectivity index (χ4v) is 4.37. The minimum absolute atomic E-state index is 0.0362. The Hall–Kier alpha value is -2.54. The Kier molecular flexibility index (Phi) is 6.92. The molecule has 1 atom stereocenters. The van der Waals surface area contributed by atoms with Crippen LogP contribution >= 0.6 is 11.8 Å². The van der Waals surface area contributed by atoms with E-state index in [4.69, 9.17) is 4.74 Å². The molecule has 1 aliphatic heterocycles. The molecule has 0 aliphatic carbocycles. The van der Waals surface area contributed by atoms with E-state index in [0.29, 0.717) is 18.7 Å². The molecule has 1 aliphatic rings. The van der Waals surface area contributed by atoms with Gasteiger partial charge in [-0.2, -0.15) is 0 Å². The van der Waals surface area contributed by atoms with Gasteiger partial charge in [0.05, 0.1) is 11.5 Å². The minimum atomic E-state index is -0.416. The second-order valence-corrected chi connectivity index (χ2v) is 7.84. The largest absolute Gasteiger partial charge is 0.494 e. The van der Waals surface area contributed by atoms with Gasteiger partial charge >= 0.3 is 0 Å². The normalized spacial score (nSPS) is 16.2. The van der Waals surface area contributed by atoms with E-state index in [1.165, 1.54) is 12.1 Å². The van der Waals surface area contributed by atoms with E-state index < -0.39 is 4.92 Å². The van der Waals surface area contributed by atoms with Crippen LogP contribution in [0.2, 0.25) is 0 Å². The number of nitrogens with zero attached hydrogens (tertiary/aromatic N) is 2. The third kappa shape index (κ3) is 4.84. The first kappa shape index (κ1) is 20.2. The number of thioether (sulfide) groups is 1. The first-order chi connectivity index (χ1) is 13.6. The Morgan fingerprint density at radius 3 is 2.54 bits per heavy atom. The molecule has 2 aromatic carbocycles. The maximum atomic E-state index is 13.0. The molecule has 1 heterocycles. The molecule has 0 bridgehead atoms. The molecule has 0 spiro atoms. The number of nitro benzene ring substituents is 1. The Balaban J connectivity index is 1.66. The van der Waals surface area contributed by atoms with E-state index in [9.17, 15) is 14.9 Å². The number of benzene rings is 2. The van der Waals surface area contributed by atoms with Gasteiger partial charge in [0.25, 0.3) is 11.6 Å². The van der Waals surface area contributed by atoms with E-state index in [0.717, 1.165) is 36.3 Å². The predicted octanol–water partition coefficient (Wildman–Crippen LogP) is 5.05. The molecule has 1 saturated heterocycles. The van der Waals surface area contributed by atoms with Gasteiger partial charge in [-0.1, -0.05) is 19.8 Å². The number of unbranched alkanes of at least 4 members (excludes halogenated alkanes) is 2. The van der Waals surface area contributed by atoms with Crippen LogP contribution in [0, 0.1) is 10.1 Å². The van der Waals surface area contributed by atoms with Crippen LogP contribution in [0.1, 0.15) is 47.5 Å². The maximum Gasteiger partial charge on any atom is 0.269 e. The van der Waals surface area contributed by atoms with E-state index >= 15 is 0 Å². The summed E-state index contributed by atoms with van der Waals surface area (Å²) < 4.78 is 5.71. The SMILES string of the molecule is CCCCCOc1ccc(C(=O)N2CCSC2c2ccc([N+](=O)[O-])cc2)cc1. The highest BCUT2D eigenvalue weighted by molar-refractivity contribution is 7.99. The zero-order valence-corrected chi connectivity index (χ0v) is 16.7. The van der Waals surface area contributed by atoms with Gasteiger partial charge < -0.3 is 9.64 Å². The Morgan fingerprint density at radius 2 is 1.89 bits per heavy atom. The Morgan fingerprint density at radius 1 is 1.18 bits per heavy atom. The highest BCUT2D eigenvalue weighted by Crippen LogP contribution is 2.39. The summed E-state index contributed by atoms with van der Waals surface area (Å²) in [5.74, 6) is 1.58. The Labute approximate surface area is 169 Å². The number of carbonyl (C=O) groups is 1. The lowest BCUT2D eigenvalue weighted by molar-refractivity contribution is -0.384. The summed E-state index contributed by atoms with van der Waals surface area (Å²) >= 11 is 1.67. The second kappa shape index (κ2) is 9.59. The molecule has 2 aromatic rings. The van der Waals surface area contributed by atoms with Gasteiger partial charge in [-0.05, 0) is 48.4 Å². The molecule has 3 rings (SSSR count). The van der Waals surface area contributed by atoms with Crippen molar-refractivity contribution in [2.24, 2.45) is 0 Å². The van der Waals surface area contributed by atoms with Crippen LogP contribution < -0.4 is 4.74 Å². The van der Waals surface area contributed by atoms with Crippen molar-refractivity contribution >= 4 is 23.4 Å². The van der Waals surface area contributed by atoms with Crippen LogP contribution in [0.15, 0.2) is 48.5 Å². The van der Waals surface area contributed by atoms with E-state index in [-0.39, 0.29) is 17.0 Å². The fraction of sp³-hybridized carbons (Fsp3) is 0.381. The number of nitro groups is 1. The third-order valence-electron chi connectivity index (χ3n) is 4.66. The molecule has 1 unspecified atom stereocenters. The summed E-state index contributed by atoms with van der Waals surface area (Å²) in [4.78, 5) is 25.2. The highest BCUT2D eigenvalue weighted by Gasteiger charge is 2.31. The van der Waals surface area contributed by atoms with Crippen LogP contribution in [0.25, 0.3) is 0 Å². The van der Waals surface area contributed by atoms with Gasteiger partial charge in [-0.25, -0.2) is 0 Å². The zero-order chi connectivity index (χ0) is 19.9. The first-order valence-corrected chi connectivity index (χ1v) is 10.5. The number of ether oxygens (including phenoxy) is 1. The average molecular weight is 401 g/mol. The van der Waals surface area contributed by atoms with Crippen molar-refractivity contribution in [3.63, 3.8) is 0 Å². The van der Waals surface area contributed by atoms with Crippen molar-refractivity contribution in [2.75, 3.05) is 18.9 Å². The lowest BCUT2D eigenvalue weighted by Crippen LogP contribution is -2.30. The fourth-order valence-electron chi connectivity index (χ4n) is 3.12. The van der Waals surface area contributed by atoms with E-state index in [1.54, 1.807) is 36.0 Å². The lowest BCUT2D eigenvalue weighted by atomic mass is 10.1. The van der Waals surface area contributed by atoms with Gasteiger partial charge in [0.2, 0.25) is 0 Å². The lowest BCUT2D eigenvalue weighted by Gasteiger charge is -2.24. The van der Waals surface area contributed by atoms with Crippen molar-refractivity contribution in [1.29, 1.82) is 0 Å². The van der Waals surface area contributed by atoms with Crippen molar-refractivity contribution in [3.05, 3.63) is 69.8 Å². The molecule has 6 nitrogen and oxygen atoms in total. The van der Waals surface area contributed by atoms with Crippen LogP contribution in [0.3, 0.4) is 0 Å². The summed E-state index contributed by atoms with van der Waals surface area (Å²) in [6.45, 7) is 3.49. The van der Waals surface area contributed by atoms with Crippen LogP contribution in [-0.2, 0) is 0 Å². The standard InChI is InChI=1S/C21H24N2O4S/c1-2-3-4-14-27-19-11-7-16(8-12-19)20(24)22-13-15-28-21(22)17-5-9-18(10-6-17)23(25)26/h5-12,21H,2-4,13-15H2,1H3. The molecule has 7 heteroatoms. The van der Waals surface area contributed by atoms with Gasteiger partial charge in [0.15, 0.2) is 0 Å². The average Bonchev–Trinajstić information content (AvgIpc) is 3.21. The van der Waals surface area contributed by atoms with Crippen LogP contribution in [-0.4, -0.2) is 34.6 Å². The molecule has 0 aromatic heterocycles. The summed E-state index contributed by atoms with van der Waals surface area (Å²) in [5, 5.41) is 10.7. The minimum Gasteiger partial charge on any atom is -0.494 e. The summed E-state index contributed by atoms with van der Waals surface area (Å²) in [5.41, 5.74) is 1.58. The summed E-state index contributed by atoms with van der Waals surface area (Å²) in [6, 6.07) is 13.7. The first-order valence-electron chi connectivity index (χ1n) is 9.50.